The third-order valence-electron chi connectivity index (χ3n) is 3.94. The van der Waals surface area contributed by atoms with Crippen LogP contribution in [0.25, 0.3) is 0 Å². The van der Waals surface area contributed by atoms with Crippen molar-refractivity contribution in [1.29, 1.82) is 0 Å². The zero-order chi connectivity index (χ0) is 13.3. The lowest BCUT2D eigenvalue weighted by Crippen LogP contribution is -2.41. The van der Waals surface area contributed by atoms with Gasteiger partial charge in [0.15, 0.2) is 5.96 Å². The van der Waals surface area contributed by atoms with Crippen LogP contribution in [0.4, 0.5) is 0 Å². The molecule has 5 nitrogen and oxygen atoms in total. The largest absolute Gasteiger partial charge is 0.379 e. The summed E-state index contributed by atoms with van der Waals surface area (Å²) in [4.78, 5) is 9.21. The quantitative estimate of drug-likeness (QED) is 0.457. The lowest BCUT2D eigenvalue weighted by atomic mass is 10.1. The highest BCUT2D eigenvalue weighted by Gasteiger charge is 2.11. The minimum Gasteiger partial charge on any atom is -0.379 e. The van der Waals surface area contributed by atoms with Gasteiger partial charge in [-0.2, -0.15) is 0 Å². The van der Waals surface area contributed by atoms with Crippen molar-refractivity contribution >= 4 is 5.96 Å². The second-order valence-corrected chi connectivity index (χ2v) is 5.45. The van der Waals surface area contributed by atoms with Gasteiger partial charge in [-0.05, 0) is 38.6 Å². The highest BCUT2D eigenvalue weighted by Crippen LogP contribution is 2.08. The topological polar surface area (TPSA) is 54.1 Å². The predicted octanol–water partition coefficient (Wildman–Crippen LogP) is 0.899. The van der Waals surface area contributed by atoms with Crippen LogP contribution in [0.3, 0.4) is 0 Å². The standard InChI is InChI=1S/C14H28N4O/c15-14(18-8-3-1-4-9-18)16-6-2-5-7-17-10-12-19-13-11-17/h1-13H2,(H2,15,16). The van der Waals surface area contributed by atoms with Crippen molar-refractivity contribution in [2.45, 2.75) is 32.1 Å². The van der Waals surface area contributed by atoms with E-state index < -0.39 is 0 Å². The fourth-order valence-electron chi connectivity index (χ4n) is 2.69. The normalized spacial score (nSPS) is 22.7. The van der Waals surface area contributed by atoms with Crippen molar-refractivity contribution in [3.63, 3.8) is 0 Å². The molecule has 0 atom stereocenters. The highest BCUT2D eigenvalue weighted by atomic mass is 16.5. The number of aliphatic imine (C=N–C) groups is 1. The van der Waals surface area contributed by atoms with Crippen LogP contribution in [0, 0.1) is 0 Å². The van der Waals surface area contributed by atoms with Gasteiger partial charge in [0.2, 0.25) is 0 Å². The van der Waals surface area contributed by atoms with E-state index in [9.17, 15) is 0 Å². The molecule has 0 aromatic rings. The van der Waals surface area contributed by atoms with Gasteiger partial charge in [0.05, 0.1) is 13.2 Å². The Morgan fingerprint density at radius 2 is 1.74 bits per heavy atom. The Morgan fingerprint density at radius 3 is 2.47 bits per heavy atom. The van der Waals surface area contributed by atoms with Crippen molar-refractivity contribution in [2.75, 3.05) is 52.5 Å². The van der Waals surface area contributed by atoms with Crippen molar-refractivity contribution in [1.82, 2.24) is 9.80 Å². The number of rotatable bonds is 5. The lowest BCUT2D eigenvalue weighted by molar-refractivity contribution is 0.0373. The predicted molar refractivity (Wildman–Crippen MR) is 78.4 cm³/mol. The van der Waals surface area contributed by atoms with E-state index in [0.717, 1.165) is 58.3 Å². The van der Waals surface area contributed by atoms with Crippen LogP contribution in [0.1, 0.15) is 32.1 Å². The maximum Gasteiger partial charge on any atom is 0.191 e. The van der Waals surface area contributed by atoms with Crippen LogP contribution in [0.15, 0.2) is 4.99 Å². The number of ether oxygens (including phenoxy) is 1. The summed E-state index contributed by atoms with van der Waals surface area (Å²) in [5.41, 5.74) is 6.02. The van der Waals surface area contributed by atoms with Gasteiger partial charge in [-0.15, -0.1) is 0 Å². The average Bonchev–Trinajstić information content (AvgIpc) is 2.49. The number of nitrogens with zero attached hydrogens (tertiary/aromatic N) is 3. The van der Waals surface area contributed by atoms with Gasteiger partial charge in [0.1, 0.15) is 0 Å². The van der Waals surface area contributed by atoms with Gasteiger partial charge in [0, 0.05) is 32.7 Å². The van der Waals surface area contributed by atoms with Crippen LogP contribution >= 0.6 is 0 Å². The SMILES string of the molecule is NC(=NCCCCN1CCOCC1)N1CCCCC1. The van der Waals surface area contributed by atoms with Crippen LogP contribution < -0.4 is 5.73 Å². The zero-order valence-corrected chi connectivity index (χ0v) is 12.0. The van der Waals surface area contributed by atoms with Crippen molar-refractivity contribution in [2.24, 2.45) is 10.7 Å². The summed E-state index contributed by atoms with van der Waals surface area (Å²) < 4.78 is 5.34. The zero-order valence-electron chi connectivity index (χ0n) is 12.0. The van der Waals surface area contributed by atoms with Crippen molar-refractivity contribution in [3.05, 3.63) is 0 Å². The molecule has 2 aliphatic heterocycles. The highest BCUT2D eigenvalue weighted by molar-refractivity contribution is 5.78. The first-order chi connectivity index (χ1) is 9.36. The molecule has 2 rings (SSSR count). The molecular weight excluding hydrogens is 240 g/mol. The van der Waals surface area contributed by atoms with Crippen molar-refractivity contribution in [3.8, 4) is 0 Å². The van der Waals surface area contributed by atoms with Crippen molar-refractivity contribution < 1.29 is 4.74 Å². The van der Waals surface area contributed by atoms with Crippen LogP contribution in [0.2, 0.25) is 0 Å². The number of likely N-dealkylation sites (tertiary alicyclic amines) is 1. The molecule has 0 unspecified atom stereocenters. The summed E-state index contributed by atoms with van der Waals surface area (Å²) in [6.07, 6.45) is 6.19. The smallest absolute Gasteiger partial charge is 0.191 e. The molecule has 0 bridgehead atoms. The number of hydrogen-bond donors (Lipinski definition) is 1. The molecule has 0 aromatic carbocycles. The number of piperidine rings is 1. The molecular formula is C14H28N4O. The second-order valence-electron chi connectivity index (χ2n) is 5.45. The maximum absolute atomic E-state index is 6.02. The summed E-state index contributed by atoms with van der Waals surface area (Å²) in [7, 11) is 0. The number of nitrogens with two attached hydrogens (primary N) is 1. The summed E-state index contributed by atoms with van der Waals surface area (Å²) in [6.45, 7) is 8.15. The molecule has 0 saturated carbocycles. The molecule has 2 aliphatic rings. The fourth-order valence-corrected chi connectivity index (χ4v) is 2.69. The van der Waals surface area contributed by atoms with E-state index >= 15 is 0 Å². The monoisotopic (exact) mass is 268 g/mol. The Labute approximate surface area is 116 Å². The van der Waals surface area contributed by atoms with Gasteiger partial charge >= 0.3 is 0 Å². The molecule has 5 heteroatoms. The molecule has 0 amide bonds. The van der Waals surface area contributed by atoms with E-state index in [0.29, 0.717) is 0 Å². The van der Waals surface area contributed by atoms with E-state index in [1.165, 1.54) is 32.2 Å². The van der Waals surface area contributed by atoms with E-state index in [2.05, 4.69) is 14.8 Å². The Bertz CT molecular complexity index is 271. The van der Waals surface area contributed by atoms with Crippen LogP contribution in [0.5, 0.6) is 0 Å². The minimum atomic E-state index is 0.756. The lowest BCUT2D eigenvalue weighted by Gasteiger charge is -2.27. The molecule has 2 saturated heterocycles. The van der Waals surface area contributed by atoms with Gasteiger partial charge in [-0.3, -0.25) is 9.89 Å². The first kappa shape index (κ1) is 14.6. The molecule has 0 radical (unpaired) electrons. The Balaban J connectivity index is 1.54. The summed E-state index contributed by atoms with van der Waals surface area (Å²) in [5.74, 6) is 0.756. The Hall–Kier alpha value is -0.810. The van der Waals surface area contributed by atoms with Gasteiger partial charge < -0.3 is 15.4 Å². The van der Waals surface area contributed by atoms with Crippen LogP contribution in [-0.2, 0) is 4.74 Å². The average molecular weight is 268 g/mol. The summed E-state index contributed by atoms with van der Waals surface area (Å²) >= 11 is 0. The Kier molecular flexibility index (Phi) is 6.44. The summed E-state index contributed by atoms with van der Waals surface area (Å²) in [6, 6.07) is 0. The fraction of sp³-hybridized carbons (Fsp3) is 0.929. The van der Waals surface area contributed by atoms with E-state index in [1.807, 2.05) is 0 Å². The molecule has 0 aliphatic carbocycles. The number of morpholine rings is 1. The molecule has 2 fully saturated rings. The first-order valence-electron chi connectivity index (χ1n) is 7.71. The second kappa shape index (κ2) is 8.38. The van der Waals surface area contributed by atoms with Crippen LogP contribution in [-0.4, -0.2) is 68.2 Å². The molecule has 19 heavy (non-hydrogen) atoms. The first-order valence-corrected chi connectivity index (χ1v) is 7.71. The van der Waals surface area contributed by atoms with E-state index in [4.69, 9.17) is 10.5 Å². The molecule has 110 valence electrons. The minimum absolute atomic E-state index is 0.756. The van der Waals surface area contributed by atoms with E-state index in [-0.39, 0.29) is 0 Å². The number of unbranched alkanes of at least 4 members (excludes halogenated alkanes) is 1. The third kappa shape index (κ3) is 5.37. The molecule has 0 spiro atoms. The number of guanidine groups is 1. The molecule has 2 N–H and O–H groups in total. The van der Waals surface area contributed by atoms with Gasteiger partial charge in [0.25, 0.3) is 0 Å². The van der Waals surface area contributed by atoms with Gasteiger partial charge in [-0.1, -0.05) is 0 Å². The number of hydrogen-bond acceptors (Lipinski definition) is 3. The Morgan fingerprint density at radius 1 is 1.00 bits per heavy atom. The summed E-state index contributed by atoms with van der Waals surface area (Å²) in [5, 5.41) is 0. The maximum atomic E-state index is 6.02. The molecule has 0 aromatic heterocycles. The molecule has 2 heterocycles. The van der Waals surface area contributed by atoms with E-state index in [1.54, 1.807) is 0 Å². The van der Waals surface area contributed by atoms with Gasteiger partial charge in [-0.25, -0.2) is 0 Å². The third-order valence-corrected chi connectivity index (χ3v) is 3.94.